The summed E-state index contributed by atoms with van der Waals surface area (Å²) in [5.41, 5.74) is 1.01. The monoisotopic (exact) mass is 301 g/mol. The van der Waals surface area contributed by atoms with Crippen LogP contribution >= 0.6 is 11.6 Å². The van der Waals surface area contributed by atoms with Gasteiger partial charge >= 0.3 is 6.09 Å². The molecule has 0 saturated carbocycles. The predicted molar refractivity (Wildman–Crippen MR) is 77.3 cm³/mol. The van der Waals surface area contributed by atoms with Gasteiger partial charge in [-0.25, -0.2) is 4.79 Å². The fourth-order valence-electron chi connectivity index (χ4n) is 1.78. The Bertz CT molecular complexity index is 414. The largest absolute Gasteiger partial charge is 0.465 e. The summed E-state index contributed by atoms with van der Waals surface area (Å²) >= 11 is 5.89. The van der Waals surface area contributed by atoms with Crippen molar-refractivity contribution in [2.75, 3.05) is 32.9 Å². The van der Waals surface area contributed by atoms with E-state index in [0.29, 0.717) is 37.6 Å². The Labute approximate surface area is 123 Å². The van der Waals surface area contributed by atoms with Crippen molar-refractivity contribution < 1.29 is 19.7 Å². The van der Waals surface area contributed by atoms with Gasteiger partial charge in [-0.3, -0.25) is 0 Å². The van der Waals surface area contributed by atoms with Gasteiger partial charge in [-0.15, -0.1) is 0 Å². The highest BCUT2D eigenvalue weighted by molar-refractivity contribution is 6.30. The molecule has 0 saturated heterocycles. The molecule has 2 N–H and O–H groups in total. The van der Waals surface area contributed by atoms with Crippen LogP contribution in [0.5, 0.6) is 0 Å². The minimum Gasteiger partial charge on any atom is -0.465 e. The van der Waals surface area contributed by atoms with Crippen molar-refractivity contribution in [1.82, 2.24) is 4.90 Å². The quantitative estimate of drug-likeness (QED) is 0.686. The van der Waals surface area contributed by atoms with Crippen LogP contribution in [0.4, 0.5) is 4.79 Å². The molecule has 1 amide bonds. The summed E-state index contributed by atoms with van der Waals surface area (Å²) in [6.45, 7) is 1.56. The maximum atomic E-state index is 11.1. The second-order valence-corrected chi connectivity index (χ2v) is 4.78. The molecule has 0 aliphatic rings. The summed E-state index contributed by atoms with van der Waals surface area (Å²) in [5.74, 6) is 0. The maximum absolute atomic E-state index is 11.1. The summed E-state index contributed by atoms with van der Waals surface area (Å²) in [6, 6.07) is 7.41. The Balaban J connectivity index is 2.33. The Morgan fingerprint density at radius 3 is 2.75 bits per heavy atom. The molecule has 0 aliphatic heterocycles. The molecule has 1 aromatic carbocycles. The van der Waals surface area contributed by atoms with Crippen LogP contribution in [0.2, 0.25) is 5.02 Å². The van der Waals surface area contributed by atoms with E-state index in [2.05, 4.69) is 0 Å². The highest BCUT2D eigenvalue weighted by Crippen LogP contribution is 2.11. The van der Waals surface area contributed by atoms with Crippen molar-refractivity contribution in [3.63, 3.8) is 0 Å². The third-order valence-corrected chi connectivity index (χ3v) is 3.02. The van der Waals surface area contributed by atoms with Crippen LogP contribution in [0.15, 0.2) is 24.3 Å². The minimum atomic E-state index is -0.936. The lowest BCUT2D eigenvalue weighted by molar-refractivity contribution is 0.0832. The molecule has 0 unspecified atom stereocenters. The average Bonchev–Trinajstić information content (AvgIpc) is 2.41. The molecule has 0 aliphatic carbocycles. The van der Waals surface area contributed by atoms with Gasteiger partial charge in [0.2, 0.25) is 0 Å². The first-order valence-electron chi connectivity index (χ1n) is 6.54. The normalized spacial score (nSPS) is 10.5. The van der Waals surface area contributed by atoms with Crippen LogP contribution < -0.4 is 0 Å². The van der Waals surface area contributed by atoms with Crippen molar-refractivity contribution >= 4 is 17.7 Å². The minimum absolute atomic E-state index is 0.0165. The fraction of sp³-hybridized carbons (Fsp3) is 0.500. The molecule has 0 atom stereocenters. The van der Waals surface area contributed by atoms with E-state index in [1.54, 1.807) is 6.07 Å². The van der Waals surface area contributed by atoms with Crippen LogP contribution in [0, 0.1) is 0 Å². The van der Waals surface area contributed by atoms with E-state index in [1.165, 1.54) is 4.90 Å². The van der Waals surface area contributed by atoms with E-state index in [-0.39, 0.29) is 13.2 Å². The van der Waals surface area contributed by atoms with Gasteiger partial charge in [-0.05, 0) is 30.5 Å². The lowest BCUT2D eigenvalue weighted by Gasteiger charge is -2.19. The van der Waals surface area contributed by atoms with Gasteiger partial charge in [0.1, 0.15) is 0 Å². The summed E-state index contributed by atoms with van der Waals surface area (Å²) in [7, 11) is 0. The van der Waals surface area contributed by atoms with Gasteiger partial charge in [0.05, 0.1) is 13.2 Å². The van der Waals surface area contributed by atoms with Crippen LogP contribution in [-0.2, 0) is 11.2 Å². The van der Waals surface area contributed by atoms with Gasteiger partial charge in [0.25, 0.3) is 0 Å². The van der Waals surface area contributed by atoms with E-state index < -0.39 is 6.09 Å². The molecule has 1 rings (SSSR count). The first kappa shape index (κ1) is 16.8. The number of aliphatic hydroxyl groups is 1. The van der Waals surface area contributed by atoms with Crippen LogP contribution in [0.3, 0.4) is 0 Å². The van der Waals surface area contributed by atoms with E-state index in [1.807, 2.05) is 18.2 Å². The molecule has 5 nitrogen and oxygen atoms in total. The van der Waals surface area contributed by atoms with E-state index in [9.17, 15) is 4.79 Å². The van der Waals surface area contributed by atoms with Gasteiger partial charge in [-0.2, -0.15) is 0 Å². The number of carboxylic acid groups (broad SMARTS) is 1. The smallest absolute Gasteiger partial charge is 0.407 e. The van der Waals surface area contributed by atoms with Crippen LogP contribution in [0.1, 0.15) is 12.0 Å². The highest BCUT2D eigenvalue weighted by Gasteiger charge is 2.11. The van der Waals surface area contributed by atoms with Crippen molar-refractivity contribution in [3.8, 4) is 0 Å². The predicted octanol–water partition coefficient (Wildman–Crippen LogP) is 2.26. The first-order valence-corrected chi connectivity index (χ1v) is 6.92. The van der Waals surface area contributed by atoms with Gasteiger partial charge in [0.15, 0.2) is 0 Å². The molecule has 0 aromatic heterocycles. The van der Waals surface area contributed by atoms with Gasteiger partial charge < -0.3 is 19.8 Å². The number of ether oxygens (including phenoxy) is 1. The number of nitrogens with zero attached hydrogens (tertiary/aromatic N) is 1. The van der Waals surface area contributed by atoms with Crippen molar-refractivity contribution in [3.05, 3.63) is 34.9 Å². The third-order valence-electron chi connectivity index (χ3n) is 2.78. The number of carbonyl (C=O) groups is 1. The van der Waals surface area contributed by atoms with E-state index in [0.717, 1.165) is 5.56 Å². The Hall–Kier alpha value is -1.30. The molecule has 0 spiro atoms. The second kappa shape index (κ2) is 9.58. The lowest BCUT2D eigenvalue weighted by Crippen LogP contribution is -2.33. The third kappa shape index (κ3) is 6.75. The van der Waals surface area contributed by atoms with Crippen molar-refractivity contribution in [2.45, 2.75) is 12.8 Å². The zero-order valence-corrected chi connectivity index (χ0v) is 12.1. The highest BCUT2D eigenvalue weighted by atomic mass is 35.5. The molecule has 0 radical (unpaired) electrons. The Morgan fingerprint density at radius 2 is 2.10 bits per heavy atom. The van der Waals surface area contributed by atoms with Crippen molar-refractivity contribution in [1.29, 1.82) is 0 Å². The number of halogens is 1. The van der Waals surface area contributed by atoms with E-state index >= 15 is 0 Å². The lowest BCUT2D eigenvalue weighted by atomic mass is 10.1. The zero-order valence-electron chi connectivity index (χ0n) is 11.3. The number of amides is 1. The Kier molecular flexibility index (Phi) is 8.02. The van der Waals surface area contributed by atoms with Gasteiger partial charge in [-0.1, -0.05) is 23.7 Å². The molecular weight excluding hydrogens is 282 g/mol. The zero-order chi connectivity index (χ0) is 14.8. The molecule has 6 heteroatoms. The molecule has 0 bridgehead atoms. The van der Waals surface area contributed by atoms with E-state index in [4.69, 9.17) is 26.6 Å². The average molecular weight is 302 g/mol. The summed E-state index contributed by atoms with van der Waals surface area (Å²) in [6.07, 6.45) is 0.306. The number of hydrogen-bond acceptors (Lipinski definition) is 3. The molecule has 20 heavy (non-hydrogen) atoms. The van der Waals surface area contributed by atoms with Crippen LogP contribution in [0.25, 0.3) is 0 Å². The topological polar surface area (TPSA) is 70.0 Å². The first-order chi connectivity index (χ1) is 9.63. The summed E-state index contributed by atoms with van der Waals surface area (Å²) < 4.78 is 5.10. The number of benzene rings is 1. The fourth-order valence-corrected chi connectivity index (χ4v) is 2.00. The number of hydrogen-bond donors (Lipinski definition) is 2. The van der Waals surface area contributed by atoms with Crippen LogP contribution in [-0.4, -0.2) is 54.1 Å². The second-order valence-electron chi connectivity index (χ2n) is 4.34. The Morgan fingerprint density at radius 1 is 1.30 bits per heavy atom. The summed E-state index contributed by atoms with van der Waals surface area (Å²) in [5, 5.41) is 18.3. The molecule has 0 fully saturated rings. The number of rotatable bonds is 9. The molecule has 1 aromatic rings. The SMILES string of the molecule is O=C(O)N(CCCOCCO)CCc1cccc(Cl)c1. The molecule has 112 valence electrons. The maximum Gasteiger partial charge on any atom is 0.407 e. The van der Waals surface area contributed by atoms with Crippen molar-refractivity contribution in [2.24, 2.45) is 0 Å². The summed E-state index contributed by atoms with van der Waals surface area (Å²) in [4.78, 5) is 12.5. The molecule has 0 heterocycles. The standard InChI is InChI=1S/C14H20ClNO4/c15-13-4-1-3-12(11-13)5-7-16(14(18)19)6-2-9-20-10-8-17/h1,3-4,11,17H,2,5-10H2,(H,18,19). The van der Waals surface area contributed by atoms with Gasteiger partial charge in [0, 0.05) is 24.7 Å². The number of aliphatic hydroxyl groups excluding tert-OH is 1. The molecular formula is C14H20ClNO4.